The van der Waals surface area contributed by atoms with Crippen molar-refractivity contribution in [3.8, 4) is 0 Å². The summed E-state index contributed by atoms with van der Waals surface area (Å²) in [5.41, 5.74) is 5.53. The van der Waals surface area contributed by atoms with Crippen molar-refractivity contribution in [2.75, 3.05) is 0 Å². The lowest BCUT2D eigenvalue weighted by atomic mass is 10.1. The lowest BCUT2D eigenvalue weighted by Gasteiger charge is -2.10. The maximum absolute atomic E-state index is 13.2. The van der Waals surface area contributed by atoms with Crippen LogP contribution in [-0.2, 0) is 16.0 Å². The van der Waals surface area contributed by atoms with E-state index in [1.54, 1.807) is 6.07 Å². The van der Waals surface area contributed by atoms with E-state index in [2.05, 4.69) is 21.2 Å². The van der Waals surface area contributed by atoms with E-state index in [1.165, 1.54) is 19.1 Å². The highest BCUT2D eigenvalue weighted by Crippen LogP contribution is 2.16. The van der Waals surface area contributed by atoms with Gasteiger partial charge in [0.05, 0.1) is 10.9 Å². The molecule has 0 spiro atoms. The minimum atomic E-state index is -0.734. The molecular formula is C11H12BrFN2O2. The largest absolute Gasteiger partial charge is 0.368 e. The molecule has 1 atom stereocenters. The molecule has 6 heteroatoms. The zero-order valence-corrected chi connectivity index (χ0v) is 10.8. The molecule has 0 aromatic heterocycles. The molecule has 0 aliphatic heterocycles. The van der Waals surface area contributed by atoms with Gasteiger partial charge in [0.15, 0.2) is 0 Å². The molecule has 92 valence electrons. The molecule has 0 aliphatic carbocycles. The van der Waals surface area contributed by atoms with Gasteiger partial charge in [0, 0.05) is 0 Å². The van der Waals surface area contributed by atoms with Gasteiger partial charge in [0.1, 0.15) is 11.9 Å². The van der Waals surface area contributed by atoms with Crippen molar-refractivity contribution in [3.63, 3.8) is 0 Å². The number of carbonyl (C=O) groups excluding carboxylic acids is 2. The van der Waals surface area contributed by atoms with Crippen molar-refractivity contribution < 1.29 is 14.0 Å². The molecule has 0 unspecified atom stereocenters. The molecule has 0 saturated heterocycles. The highest BCUT2D eigenvalue weighted by Gasteiger charge is 2.12. The summed E-state index contributed by atoms with van der Waals surface area (Å²) in [6, 6.07) is 3.68. The van der Waals surface area contributed by atoms with E-state index in [4.69, 9.17) is 5.73 Å². The Hall–Kier alpha value is -1.43. The first-order valence-electron chi connectivity index (χ1n) is 4.92. The smallest absolute Gasteiger partial charge is 0.239 e. The van der Waals surface area contributed by atoms with E-state index in [9.17, 15) is 14.0 Å². The summed E-state index contributed by atoms with van der Waals surface area (Å²) in [6.45, 7) is 1.49. The number of primary amides is 1. The molecular weight excluding hydrogens is 291 g/mol. The first kappa shape index (κ1) is 13.6. The summed E-state index contributed by atoms with van der Waals surface area (Å²) in [7, 11) is 0. The average molecular weight is 303 g/mol. The van der Waals surface area contributed by atoms with Crippen molar-refractivity contribution in [1.29, 1.82) is 0 Å². The van der Waals surface area contributed by atoms with Gasteiger partial charge in [-0.3, -0.25) is 9.59 Å². The lowest BCUT2D eigenvalue weighted by molar-refractivity contribution is -0.126. The van der Waals surface area contributed by atoms with Crippen molar-refractivity contribution in [2.45, 2.75) is 19.4 Å². The summed E-state index contributed by atoms with van der Waals surface area (Å²) >= 11 is 3.02. The second-order valence-electron chi connectivity index (χ2n) is 3.62. The Morgan fingerprint density at radius 1 is 1.53 bits per heavy atom. The van der Waals surface area contributed by atoms with Crippen LogP contribution in [0.4, 0.5) is 4.39 Å². The van der Waals surface area contributed by atoms with Gasteiger partial charge in [-0.1, -0.05) is 6.07 Å². The van der Waals surface area contributed by atoms with Gasteiger partial charge < -0.3 is 11.1 Å². The van der Waals surface area contributed by atoms with Crippen LogP contribution in [0.2, 0.25) is 0 Å². The van der Waals surface area contributed by atoms with Gasteiger partial charge in [0.2, 0.25) is 11.8 Å². The number of rotatable bonds is 4. The van der Waals surface area contributed by atoms with Crippen LogP contribution in [0, 0.1) is 5.82 Å². The Morgan fingerprint density at radius 2 is 2.18 bits per heavy atom. The van der Waals surface area contributed by atoms with Crippen LogP contribution in [0.1, 0.15) is 12.5 Å². The molecule has 4 nitrogen and oxygen atoms in total. The van der Waals surface area contributed by atoms with Crippen LogP contribution in [-0.4, -0.2) is 17.9 Å². The summed E-state index contributed by atoms with van der Waals surface area (Å²) in [5, 5.41) is 2.41. The number of hydrogen-bond donors (Lipinski definition) is 2. The topological polar surface area (TPSA) is 72.2 Å². The summed E-state index contributed by atoms with van der Waals surface area (Å²) < 4.78 is 13.5. The van der Waals surface area contributed by atoms with E-state index in [0.29, 0.717) is 10.0 Å². The number of benzene rings is 1. The number of amides is 2. The highest BCUT2D eigenvalue weighted by molar-refractivity contribution is 9.10. The van der Waals surface area contributed by atoms with Crippen LogP contribution in [0.25, 0.3) is 0 Å². The van der Waals surface area contributed by atoms with Gasteiger partial charge in [-0.15, -0.1) is 0 Å². The van der Waals surface area contributed by atoms with E-state index >= 15 is 0 Å². The molecule has 17 heavy (non-hydrogen) atoms. The summed E-state index contributed by atoms with van der Waals surface area (Å²) in [4.78, 5) is 22.2. The third kappa shape index (κ3) is 4.14. The molecule has 0 aliphatic rings. The highest BCUT2D eigenvalue weighted by atomic mass is 79.9. The van der Waals surface area contributed by atoms with Crippen LogP contribution >= 0.6 is 15.9 Å². The predicted octanol–water partition coefficient (Wildman–Crippen LogP) is 1.12. The molecule has 1 aromatic carbocycles. The maximum atomic E-state index is 13.2. The van der Waals surface area contributed by atoms with E-state index in [0.717, 1.165) is 0 Å². The Labute approximate surface area is 107 Å². The van der Waals surface area contributed by atoms with Crippen molar-refractivity contribution in [3.05, 3.63) is 34.1 Å². The van der Waals surface area contributed by atoms with Crippen LogP contribution in [0.5, 0.6) is 0 Å². The standard InChI is InChI=1S/C11H12BrFN2O2/c1-6(11(14)17)15-10(16)5-7-2-3-8(12)9(13)4-7/h2-4,6H,5H2,1H3,(H2,14,17)(H,15,16)/t6-/m1/s1. The van der Waals surface area contributed by atoms with Crippen molar-refractivity contribution in [2.24, 2.45) is 5.73 Å². The van der Waals surface area contributed by atoms with Crippen LogP contribution < -0.4 is 11.1 Å². The van der Waals surface area contributed by atoms with Crippen LogP contribution in [0.3, 0.4) is 0 Å². The molecule has 0 heterocycles. The Balaban J connectivity index is 2.62. The normalized spacial score (nSPS) is 11.9. The fourth-order valence-electron chi connectivity index (χ4n) is 1.20. The number of nitrogens with two attached hydrogens (primary N) is 1. The molecule has 0 radical (unpaired) electrons. The van der Waals surface area contributed by atoms with E-state index in [-0.39, 0.29) is 12.3 Å². The van der Waals surface area contributed by atoms with Gasteiger partial charge >= 0.3 is 0 Å². The third-order valence-corrected chi connectivity index (χ3v) is 2.80. The fraction of sp³-hybridized carbons (Fsp3) is 0.273. The molecule has 2 amide bonds. The molecule has 0 saturated carbocycles. The summed E-state index contributed by atoms with van der Waals surface area (Å²) in [5.74, 6) is -1.42. The Bertz CT molecular complexity index is 451. The maximum Gasteiger partial charge on any atom is 0.239 e. The number of nitrogens with one attached hydrogen (secondary N) is 1. The van der Waals surface area contributed by atoms with Gasteiger partial charge in [-0.25, -0.2) is 4.39 Å². The van der Waals surface area contributed by atoms with Crippen molar-refractivity contribution >= 4 is 27.7 Å². The third-order valence-electron chi connectivity index (χ3n) is 2.15. The number of hydrogen-bond acceptors (Lipinski definition) is 2. The second kappa shape index (κ2) is 5.77. The molecule has 0 bridgehead atoms. The number of halogens is 2. The van der Waals surface area contributed by atoms with E-state index in [1.807, 2.05) is 0 Å². The minimum absolute atomic E-state index is 0.00181. The fourth-order valence-corrected chi connectivity index (χ4v) is 1.45. The minimum Gasteiger partial charge on any atom is -0.368 e. The zero-order valence-electron chi connectivity index (χ0n) is 9.17. The van der Waals surface area contributed by atoms with Gasteiger partial charge in [-0.2, -0.15) is 0 Å². The molecule has 1 aromatic rings. The zero-order chi connectivity index (χ0) is 13.0. The molecule has 3 N–H and O–H groups in total. The molecule has 1 rings (SSSR count). The quantitative estimate of drug-likeness (QED) is 0.875. The molecule has 0 fully saturated rings. The SMILES string of the molecule is C[C@@H](NC(=O)Cc1ccc(Br)c(F)c1)C(N)=O. The Kier molecular flexibility index (Phi) is 4.62. The predicted molar refractivity (Wildman–Crippen MR) is 64.6 cm³/mol. The average Bonchev–Trinajstić information content (AvgIpc) is 2.23. The van der Waals surface area contributed by atoms with Crippen molar-refractivity contribution in [1.82, 2.24) is 5.32 Å². The van der Waals surface area contributed by atoms with Gasteiger partial charge in [0.25, 0.3) is 0 Å². The second-order valence-corrected chi connectivity index (χ2v) is 4.47. The first-order valence-corrected chi connectivity index (χ1v) is 5.72. The summed E-state index contributed by atoms with van der Waals surface area (Å²) in [6.07, 6.45) is 0.00181. The Morgan fingerprint density at radius 3 is 2.71 bits per heavy atom. The van der Waals surface area contributed by atoms with E-state index < -0.39 is 17.8 Å². The lowest BCUT2D eigenvalue weighted by Crippen LogP contribution is -2.42. The first-order chi connectivity index (χ1) is 7.90. The number of carbonyl (C=O) groups is 2. The van der Waals surface area contributed by atoms with Crippen LogP contribution in [0.15, 0.2) is 22.7 Å². The van der Waals surface area contributed by atoms with Gasteiger partial charge in [-0.05, 0) is 40.5 Å². The monoisotopic (exact) mass is 302 g/mol.